The Hall–Kier alpha value is -2.46. The number of anilines is 1. The molecule has 22 heavy (non-hydrogen) atoms. The average molecular weight is 295 g/mol. The normalized spacial score (nSPS) is 15.8. The number of fused-ring (bicyclic) bond motifs is 1. The number of carbonyl (C=O) groups is 2. The monoisotopic (exact) mass is 295 g/mol. The molecule has 2 aromatic carbocycles. The van der Waals surface area contributed by atoms with Crippen molar-refractivity contribution in [2.45, 2.75) is 19.6 Å². The smallest absolute Gasteiger partial charge is 0.268 e. The molecular weight excluding hydrogens is 278 g/mol. The zero-order valence-corrected chi connectivity index (χ0v) is 12.5. The van der Waals surface area contributed by atoms with E-state index in [2.05, 4.69) is 0 Å². The Morgan fingerprint density at radius 3 is 1.91 bits per heavy atom. The van der Waals surface area contributed by atoms with E-state index in [1.807, 2.05) is 19.1 Å². The number of Topliss-reactive ketones (excluding diaryl/α,β-unsaturated/α-hetero) is 2. The Morgan fingerprint density at radius 1 is 0.955 bits per heavy atom. The van der Waals surface area contributed by atoms with Crippen LogP contribution in [0.3, 0.4) is 0 Å². The number of nitrogens with zero attached hydrogens (tertiary/aromatic N) is 1. The fourth-order valence-corrected chi connectivity index (χ4v) is 2.93. The molecule has 0 unspecified atom stereocenters. The van der Waals surface area contributed by atoms with Gasteiger partial charge in [-0.15, -0.1) is 0 Å². The van der Waals surface area contributed by atoms with E-state index in [1.165, 1.54) is 4.90 Å². The molecule has 0 fully saturated rings. The molecule has 4 heteroatoms. The summed E-state index contributed by atoms with van der Waals surface area (Å²) in [6.07, 6.45) is 0. The molecule has 0 radical (unpaired) electrons. The molecule has 112 valence electrons. The van der Waals surface area contributed by atoms with Gasteiger partial charge in [0.25, 0.3) is 5.72 Å². The maximum Gasteiger partial charge on any atom is 0.268 e. The van der Waals surface area contributed by atoms with Crippen LogP contribution >= 0.6 is 0 Å². The Labute approximate surface area is 129 Å². The lowest BCUT2D eigenvalue weighted by molar-refractivity contribution is 0.0323. The second kappa shape index (κ2) is 5.07. The third kappa shape index (κ3) is 1.88. The molecule has 0 heterocycles. The van der Waals surface area contributed by atoms with Gasteiger partial charge < -0.3 is 10.0 Å². The Morgan fingerprint density at radius 2 is 1.45 bits per heavy atom. The summed E-state index contributed by atoms with van der Waals surface area (Å²) in [4.78, 5) is 26.8. The first-order chi connectivity index (χ1) is 10.5. The Balaban J connectivity index is 2.11. The fourth-order valence-electron chi connectivity index (χ4n) is 2.93. The van der Waals surface area contributed by atoms with Crippen molar-refractivity contribution in [2.75, 3.05) is 11.4 Å². The van der Waals surface area contributed by atoms with E-state index < -0.39 is 17.3 Å². The fraction of sp³-hybridized carbons (Fsp3) is 0.222. The summed E-state index contributed by atoms with van der Waals surface area (Å²) >= 11 is 0. The largest absolute Gasteiger partial charge is 0.358 e. The van der Waals surface area contributed by atoms with Gasteiger partial charge >= 0.3 is 0 Å². The molecule has 0 aliphatic heterocycles. The van der Waals surface area contributed by atoms with Crippen molar-refractivity contribution in [3.8, 4) is 0 Å². The highest BCUT2D eigenvalue weighted by molar-refractivity contribution is 6.33. The van der Waals surface area contributed by atoms with Crippen molar-refractivity contribution >= 4 is 17.3 Å². The molecule has 0 saturated carbocycles. The summed E-state index contributed by atoms with van der Waals surface area (Å²) in [7, 11) is 0. The van der Waals surface area contributed by atoms with E-state index in [9.17, 15) is 14.7 Å². The topological polar surface area (TPSA) is 57.6 Å². The van der Waals surface area contributed by atoms with Gasteiger partial charge in [-0.1, -0.05) is 42.0 Å². The summed E-state index contributed by atoms with van der Waals surface area (Å²) < 4.78 is 0. The molecule has 1 N–H and O–H groups in total. The lowest BCUT2D eigenvalue weighted by Crippen LogP contribution is -2.57. The van der Waals surface area contributed by atoms with E-state index in [-0.39, 0.29) is 11.1 Å². The molecule has 1 aliphatic carbocycles. The van der Waals surface area contributed by atoms with Gasteiger partial charge in [0.2, 0.25) is 11.6 Å². The van der Waals surface area contributed by atoms with Crippen LogP contribution in [0.15, 0.2) is 48.5 Å². The lowest BCUT2D eigenvalue weighted by Gasteiger charge is -2.35. The molecule has 0 bridgehead atoms. The predicted octanol–water partition coefficient (Wildman–Crippen LogP) is 2.59. The van der Waals surface area contributed by atoms with Crippen molar-refractivity contribution < 1.29 is 14.7 Å². The second-order valence-electron chi connectivity index (χ2n) is 5.46. The summed E-state index contributed by atoms with van der Waals surface area (Å²) in [5.74, 6) is -1.12. The van der Waals surface area contributed by atoms with Crippen LogP contribution in [0.2, 0.25) is 0 Å². The van der Waals surface area contributed by atoms with Crippen LogP contribution in [-0.4, -0.2) is 28.9 Å². The molecule has 2 aromatic rings. The molecule has 0 aromatic heterocycles. The van der Waals surface area contributed by atoms with Crippen LogP contribution in [0.5, 0.6) is 0 Å². The quantitative estimate of drug-likeness (QED) is 0.698. The SMILES string of the molecule is CCN(c1ccc(C)cc1)C1(O)C(=O)c2ccccc2C1=O. The van der Waals surface area contributed by atoms with Crippen LogP contribution < -0.4 is 4.90 Å². The third-order valence-corrected chi connectivity index (χ3v) is 4.10. The van der Waals surface area contributed by atoms with Crippen LogP contribution in [0.4, 0.5) is 5.69 Å². The highest BCUT2D eigenvalue weighted by Gasteiger charge is 2.55. The summed E-state index contributed by atoms with van der Waals surface area (Å²) in [5.41, 5.74) is 0.110. The maximum absolute atomic E-state index is 12.7. The van der Waals surface area contributed by atoms with Crippen molar-refractivity contribution in [1.82, 2.24) is 0 Å². The number of likely N-dealkylation sites (N-methyl/N-ethyl adjacent to an activating group) is 1. The van der Waals surface area contributed by atoms with Crippen molar-refractivity contribution in [3.05, 3.63) is 65.2 Å². The van der Waals surface area contributed by atoms with E-state index in [4.69, 9.17) is 0 Å². The lowest BCUT2D eigenvalue weighted by atomic mass is 10.0. The van der Waals surface area contributed by atoms with Gasteiger partial charge in [-0.2, -0.15) is 0 Å². The minimum absolute atomic E-state index is 0.278. The van der Waals surface area contributed by atoms with Crippen LogP contribution in [0.25, 0.3) is 0 Å². The highest BCUT2D eigenvalue weighted by atomic mass is 16.3. The minimum Gasteiger partial charge on any atom is -0.358 e. The first-order valence-electron chi connectivity index (χ1n) is 7.25. The Bertz CT molecular complexity index is 714. The van der Waals surface area contributed by atoms with Crippen LogP contribution in [0.1, 0.15) is 33.2 Å². The number of ketones is 2. The van der Waals surface area contributed by atoms with E-state index in [1.54, 1.807) is 43.3 Å². The zero-order valence-electron chi connectivity index (χ0n) is 12.5. The van der Waals surface area contributed by atoms with E-state index >= 15 is 0 Å². The molecule has 0 spiro atoms. The molecule has 0 amide bonds. The first kappa shape index (κ1) is 14.5. The summed E-state index contributed by atoms with van der Waals surface area (Å²) in [5, 5.41) is 11.0. The van der Waals surface area contributed by atoms with Gasteiger partial charge in [0, 0.05) is 23.4 Å². The molecular formula is C18H17NO3. The zero-order chi connectivity index (χ0) is 15.9. The highest BCUT2D eigenvalue weighted by Crippen LogP contribution is 2.35. The van der Waals surface area contributed by atoms with Crippen molar-refractivity contribution in [2.24, 2.45) is 0 Å². The van der Waals surface area contributed by atoms with Crippen LogP contribution in [-0.2, 0) is 0 Å². The third-order valence-electron chi connectivity index (χ3n) is 4.10. The summed E-state index contributed by atoms with van der Waals surface area (Å²) in [6.45, 7) is 4.10. The average Bonchev–Trinajstić information content (AvgIpc) is 2.73. The van der Waals surface area contributed by atoms with Crippen molar-refractivity contribution in [1.29, 1.82) is 0 Å². The van der Waals surface area contributed by atoms with Gasteiger partial charge in [-0.25, -0.2) is 0 Å². The molecule has 4 nitrogen and oxygen atoms in total. The van der Waals surface area contributed by atoms with E-state index in [0.717, 1.165) is 5.56 Å². The van der Waals surface area contributed by atoms with Crippen LogP contribution in [0, 0.1) is 6.92 Å². The van der Waals surface area contributed by atoms with Crippen molar-refractivity contribution in [3.63, 3.8) is 0 Å². The van der Waals surface area contributed by atoms with Gasteiger partial charge in [0.15, 0.2) is 0 Å². The first-order valence-corrected chi connectivity index (χ1v) is 7.25. The van der Waals surface area contributed by atoms with Gasteiger partial charge in [0.1, 0.15) is 0 Å². The number of hydrogen-bond acceptors (Lipinski definition) is 4. The minimum atomic E-state index is -2.16. The number of aliphatic hydroxyl groups is 1. The number of benzene rings is 2. The maximum atomic E-state index is 12.7. The Kier molecular flexibility index (Phi) is 3.34. The molecule has 0 saturated heterocycles. The standard InChI is InChI=1S/C18H17NO3/c1-3-19(13-10-8-12(2)9-11-13)18(22)16(20)14-6-4-5-7-15(14)17(18)21/h4-11,22H,3H2,1-2H3. The van der Waals surface area contributed by atoms with E-state index in [0.29, 0.717) is 12.2 Å². The second-order valence-corrected chi connectivity index (χ2v) is 5.46. The summed E-state index contributed by atoms with van der Waals surface area (Å²) in [6, 6.07) is 13.9. The number of rotatable bonds is 3. The van der Waals surface area contributed by atoms with Gasteiger partial charge in [-0.05, 0) is 26.0 Å². The number of hydrogen-bond donors (Lipinski definition) is 1. The van der Waals surface area contributed by atoms with Gasteiger partial charge in [-0.3, -0.25) is 9.59 Å². The molecule has 1 aliphatic rings. The number of carbonyl (C=O) groups excluding carboxylic acids is 2. The molecule has 0 atom stereocenters. The van der Waals surface area contributed by atoms with Gasteiger partial charge in [0.05, 0.1) is 0 Å². The molecule has 3 rings (SSSR count). The number of aryl methyl sites for hydroxylation is 1. The predicted molar refractivity (Wildman–Crippen MR) is 84.3 cm³/mol.